The van der Waals surface area contributed by atoms with Crippen LogP contribution < -0.4 is 0 Å². The average Bonchev–Trinajstić information content (AvgIpc) is 3.25. The summed E-state index contributed by atoms with van der Waals surface area (Å²) in [4.78, 5) is 24.1. The maximum Gasteiger partial charge on any atom is 0.333 e. The lowest BCUT2D eigenvalue weighted by Gasteiger charge is -2.32. The quantitative estimate of drug-likeness (QED) is 0.0149. The van der Waals surface area contributed by atoms with Crippen LogP contribution in [0, 0.1) is 0 Å². The number of carbonyl (C=O) groups excluding carboxylic acids is 2. The van der Waals surface area contributed by atoms with Gasteiger partial charge in [0.25, 0.3) is 0 Å². The largest absolute Gasteiger partial charge is 0.759 e. The van der Waals surface area contributed by atoms with Gasteiger partial charge in [0, 0.05) is 47.2 Å². The molecular weight excluding hydrogens is 893 g/mol. The molecule has 0 fully saturated rings. The molecule has 12 nitrogen and oxygen atoms in total. The molecule has 0 aliphatic heterocycles. The fourth-order valence-corrected chi connectivity index (χ4v) is 8.09. The number of quaternary nitrogens is 2. The number of aliphatic hydroxyl groups excluding tert-OH is 2. The smallest absolute Gasteiger partial charge is 0.333 e. The van der Waals surface area contributed by atoms with Crippen LogP contribution in [-0.4, -0.2) is 127 Å². The van der Waals surface area contributed by atoms with Crippen molar-refractivity contribution in [3.05, 3.63) is 24.3 Å². The zero-order valence-electron chi connectivity index (χ0n) is 46.6. The van der Waals surface area contributed by atoms with Gasteiger partial charge in [-0.05, 0) is 53.4 Å². The van der Waals surface area contributed by atoms with Gasteiger partial charge in [-0.2, -0.15) is 0 Å². The number of hydrogen-bond acceptors (Lipinski definition) is 10. The van der Waals surface area contributed by atoms with E-state index in [1.165, 1.54) is 154 Å². The lowest BCUT2D eigenvalue weighted by atomic mass is 10.0. The highest BCUT2D eigenvalue weighted by Gasteiger charge is 2.23. The summed E-state index contributed by atoms with van der Waals surface area (Å²) in [5.41, 5.74) is 0.950. The Balaban J connectivity index is -0.00000115. The maximum atomic E-state index is 12.1. The molecule has 0 aliphatic rings. The summed E-state index contributed by atoms with van der Waals surface area (Å²) in [5, 5.41) is 19.1. The van der Waals surface area contributed by atoms with Crippen LogP contribution in [0.5, 0.6) is 0 Å². The highest BCUT2D eigenvalue weighted by molar-refractivity contribution is 7.79. The summed E-state index contributed by atoms with van der Waals surface area (Å²) in [6, 6.07) is 0. The fraction of sp³-hybridized carbons (Fsp3) is 0.893. The van der Waals surface area contributed by atoms with E-state index in [9.17, 15) is 19.8 Å². The van der Waals surface area contributed by atoms with Crippen LogP contribution in [0.3, 0.4) is 0 Å². The van der Waals surface area contributed by atoms with Crippen molar-refractivity contribution in [2.75, 3.05) is 54.4 Å². The van der Waals surface area contributed by atoms with Gasteiger partial charge in [-0.3, -0.25) is 8.42 Å². The van der Waals surface area contributed by atoms with Crippen LogP contribution in [0.15, 0.2) is 24.3 Å². The minimum absolute atomic E-state index is 0.0316. The predicted octanol–water partition coefficient (Wildman–Crippen LogP) is 13.0. The second-order valence-corrected chi connectivity index (χ2v) is 22.5. The van der Waals surface area contributed by atoms with Crippen molar-refractivity contribution in [2.45, 2.75) is 271 Å². The molecule has 412 valence electrons. The number of nitrogens with zero attached hydrogens (tertiary/aromatic N) is 2. The average molecular weight is 1010 g/mol. The Morgan fingerprint density at radius 2 is 0.652 bits per heavy atom. The molecular formula is C56H112N2O10S. The molecule has 0 aromatic carbocycles. The number of rotatable bonds is 44. The van der Waals surface area contributed by atoms with Crippen molar-refractivity contribution in [1.29, 1.82) is 0 Å². The topological polar surface area (TPSA) is 173 Å². The van der Waals surface area contributed by atoms with Crippen LogP contribution in [0.2, 0.25) is 0 Å². The van der Waals surface area contributed by atoms with E-state index in [2.05, 4.69) is 55.2 Å². The molecule has 4 unspecified atom stereocenters. The van der Waals surface area contributed by atoms with E-state index in [1.54, 1.807) is 13.8 Å². The van der Waals surface area contributed by atoms with Crippen molar-refractivity contribution in [1.82, 2.24) is 0 Å². The third-order valence-corrected chi connectivity index (χ3v) is 12.9. The van der Waals surface area contributed by atoms with Crippen molar-refractivity contribution in [2.24, 2.45) is 0 Å². The van der Waals surface area contributed by atoms with Gasteiger partial charge < -0.3 is 37.8 Å². The standard InChI is InChI=1S/2C28H56NO3.H2O4S/c2*1-7-8-9-10-11-12-13-14-15-16-17-18-19-20-27(32-28(31)25(2)3)22-24-29(5,6)23-21-26(4)30;1-5(2,3)4/h2*26-27,30H,2,7-24H2,1,3-6H3;(H2,1,2,3,4)/q2*+1;/p-2. The molecule has 0 bridgehead atoms. The zero-order valence-corrected chi connectivity index (χ0v) is 47.5. The minimum atomic E-state index is -5.17. The molecule has 2 N–H and O–H groups in total. The Morgan fingerprint density at radius 3 is 0.855 bits per heavy atom. The van der Waals surface area contributed by atoms with Crippen LogP contribution in [0.25, 0.3) is 0 Å². The van der Waals surface area contributed by atoms with E-state index >= 15 is 0 Å². The van der Waals surface area contributed by atoms with Crippen LogP contribution in [-0.2, 0) is 29.5 Å². The summed E-state index contributed by atoms with van der Waals surface area (Å²) >= 11 is 0. The van der Waals surface area contributed by atoms with E-state index in [-0.39, 0.29) is 36.4 Å². The summed E-state index contributed by atoms with van der Waals surface area (Å²) < 4.78 is 47.2. The van der Waals surface area contributed by atoms with Crippen molar-refractivity contribution < 1.29 is 55.8 Å². The highest BCUT2D eigenvalue weighted by atomic mass is 32.3. The van der Waals surface area contributed by atoms with E-state index in [1.807, 2.05) is 13.8 Å². The Bertz CT molecular complexity index is 1260. The number of carbonyl (C=O) groups is 2. The van der Waals surface area contributed by atoms with E-state index in [4.69, 9.17) is 27.0 Å². The third kappa shape index (κ3) is 58.6. The number of esters is 2. The SMILES string of the molecule is C=C(C)C(=O)OC(CCCCCCCCCCCCCCC)CC[N+](C)(C)CCC(C)O.C=C(C)C(=O)OC(CCCCCCCCCCCCCCC)CC[N+](C)(C)CCC(C)O.O=S(=O)([O-])[O-]. The summed E-state index contributed by atoms with van der Waals surface area (Å²) in [6.45, 7) is 22.9. The Labute approximate surface area is 426 Å². The molecule has 0 saturated carbocycles. The second-order valence-electron chi connectivity index (χ2n) is 21.7. The van der Waals surface area contributed by atoms with Gasteiger partial charge in [0.15, 0.2) is 0 Å². The van der Waals surface area contributed by atoms with Crippen LogP contribution in [0.1, 0.15) is 247 Å². The van der Waals surface area contributed by atoms with Crippen molar-refractivity contribution in [3.63, 3.8) is 0 Å². The summed E-state index contributed by atoms with van der Waals surface area (Å²) in [7, 11) is 3.58. The van der Waals surface area contributed by atoms with Crippen molar-refractivity contribution in [3.8, 4) is 0 Å². The van der Waals surface area contributed by atoms with Gasteiger partial charge in [-0.25, -0.2) is 9.59 Å². The van der Waals surface area contributed by atoms with Crippen LogP contribution >= 0.6 is 0 Å². The Hall–Kier alpha value is -1.87. The van der Waals surface area contributed by atoms with Gasteiger partial charge in [-0.1, -0.05) is 181 Å². The summed E-state index contributed by atoms with van der Waals surface area (Å²) in [5.74, 6) is -0.530. The minimum Gasteiger partial charge on any atom is -0.759 e. The fourth-order valence-electron chi connectivity index (χ4n) is 8.09. The number of unbranched alkanes of at least 4 members (excludes halogenated alkanes) is 24. The van der Waals surface area contributed by atoms with Crippen molar-refractivity contribution >= 4 is 22.3 Å². The maximum absolute atomic E-state index is 12.1. The number of aliphatic hydroxyl groups is 2. The Morgan fingerprint density at radius 1 is 0.449 bits per heavy atom. The molecule has 69 heavy (non-hydrogen) atoms. The number of ether oxygens (including phenoxy) is 2. The molecule has 0 aromatic rings. The number of hydrogen-bond donors (Lipinski definition) is 2. The Kier molecular flexibility index (Phi) is 47.5. The lowest BCUT2D eigenvalue weighted by molar-refractivity contribution is -0.891. The highest BCUT2D eigenvalue weighted by Crippen LogP contribution is 2.20. The molecule has 0 aromatic heterocycles. The van der Waals surface area contributed by atoms with Crippen LogP contribution in [0.4, 0.5) is 0 Å². The summed E-state index contributed by atoms with van der Waals surface area (Å²) in [6.07, 6.45) is 39.5. The first-order chi connectivity index (χ1) is 32.4. The molecule has 13 heteroatoms. The molecule has 0 aliphatic carbocycles. The third-order valence-electron chi connectivity index (χ3n) is 12.9. The van der Waals surface area contributed by atoms with E-state index in [0.717, 1.165) is 86.5 Å². The van der Waals surface area contributed by atoms with Gasteiger partial charge >= 0.3 is 11.9 Å². The first kappa shape index (κ1) is 71.4. The van der Waals surface area contributed by atoms with Gasteiger partial charge in [0.2, 0.25) is 0 Å². The predicted molar refractivity (Wildman–Crippen MR) is 286 cm³/mol. The zero-order chi connectivity index (χ0) is 53.0. The molecule has 0 saturated heterocycles. The van der Waals surface area contributed by atoms with Gasteiger partial charge in [0.05, 0.1) is 66.6 Å². The first-order valence-electron chi connectivity index (χ1n) is 27.8. The molecule has 4 atom stereocenters. The molecule has 0 spiro atoms. The van der Waals surface area contributed by atoms with E-state index < -0.39 is 10.4 Å². The normalized spacial score (nSPS) is 13.5. The van der Waals surface area contributed by atoms with E-state index in [0.29, 0.717) is 11.1 Å². The van der Waals surface area contributed by atoms with Gasteiger partial charge in [-0.15, -0.1) is 0 Å². The molecule has 0 heterocycles. The van der Waals surface area contributed by atoms with Gasteiger partial charge in [0.1, 0.15) is 12.2 Å². The second kappa shape index (κ2) is 46.0. The first-order valence-corrected chi connectivity index (χ1v) is 29.1. The molecule has 0 rings (SSSR count). The monoisotopic (exact) mass is 1000 g/mol. The molecule has 0 amide bonds. The molecule has 0 radical (unpaired) electrons. The lowest BCUT2D eigenvalue weighted by Crippen LogP contribution is -2.43.